The smallest absolute Gasteiger partial charge is 0.126 e. The van der Waals surface area contributed by atoms with E-state index in [1.54, 1.807) is 30.3 Å². The van der Waals surface area contributed by atoms with Crippen LogP contribution in [0.15, 0.2) is 55.1 Å². The van der Waals surface area contributed by atoms with Crippen molar-refractivity contribution >= 4 is 6.08 Å². The molecule has 2 rings (SSSR count). The van der Waals surface area contributed by atoms with Gasteiger partial charge in [-0.3, -0.25) is 0 Å². The minimum atomic E-state index is 0.0509. The molecule has 2 aromatic rings. The number of benzene rings is 2. The Balaban J connectivity index is 0.000000181. The first-order chi connectivity index (χ1) is 8.15. The van der Waals surface area contributed by atoms with Crippen molar-refractivity contribution in [3.8, 4) is 17.2 Å². The molecular weight excluding hydrogens is 216 g/mol. The highest BCUT2D eigenvalue weighted by Gasteiger charge is 1.99. The molecule has 0 unspecified atom stereocenters. The van der Waals surface area contributed by atoms with E-state index >= 15 is 0 Å². The maximum absolute atomic E-state index is 9.06. The second-order valence-corrected chi connectivity index (χ2v) is 3.25. The molecule has 0 bridgehead atoms. The van der Waals surface area contributed by atoms with Crippen LogP contribution in [0.3, 0.4) is 0 Å². The van der Waals surface area contributed by atoms with Gasteiger partial charge in [0.25, 0.3) is 0 Å². The molecule has 0 aromatic heterocycles. The van der Waals surface area contributed by atoms with Crippen LogP contribution in [-0.4, -0.2) is 15.3 Å². The third kappa shape index (κ3) is 3.91. The van der Waals surface area contributed by atoms with Gasteiger partial charge in [-0.1, -0.05) is 36.9 Å². The highest BCUT2D eigenvalue weighted by molar-refractivity contribution is 5.61. The summed E-state index contributed by atoms with van der Waals surface area (Å²) in [5.74, 6) is 0.424. The molecule has 3 heteroatoms. The van der Waals surface area contributed by atoms with Crippen LogP contribution < -0.4 is 0 Å². The highest BCUT2D eigenvalue weighted by Crippen LogP contribution is 2.26. The van der Waals surface area contributed by atoms with Crippen molar-refractivity contribution in [1.82, 2.24) is 0 Å². The zero-order valence-corrected chi connectivity index (χ0v) is 9.24. The molecule has 0 spiro atoms. The Hall–Kier alpha value is -2.42. The number of para-hydroxylation sites is 1. The van der Waals surface area contributed by atoms with Crippen molar-refractivity contribution in [2.75, 3.05) is 0 Å². The number of hydrogen-bond donors (Lipinski definition) is 3. The summed E-state index contributed by atoms with van der Waals surface area (Å²) in [6, 6.07) is 13.3. The van der Waals surface area contributed by atoms with Crippen LogP contribution in [-0.2, 0) is 0 Å². The summed E-state index contributed by atoms with van der Waals surface area (Å²) >= 11 is 0. The zero-order valence-electron chi connectivity index (χ0n) is 9.24. The summed E-state index contributed by atoms with van der Waals surface area (Å²) in [7, 11) is 0. The topological polar surface area (TPSA) is 60.7 Å². The first-order valence-corrected chi connectivity index (χ1v) is 5.02. The quantitative estimate of drug-likeness (QED) is 0.705. The van der Waals surface area contributed by atoms with E-state index in [0.717, 1.165) is 0 Å². The first kappa shape index (κ1) is 12.6. The third-order valence-electron chi connectivity index (χ3n) is 2.02. The number of phenolic OH excluding ortho intramolecular Hbond substituents is 3. The maximum Gasteiger partial charge on any atom is 0.126 e. The van der Waals surface area contributed by atoms with Gasteiger partial charge in [-0.05, 0) is 24.3 Å². The van der Waals surface area contributed by atoms with Gasteiger partial charge in [-0.25, -0.2) is 0 Å². The molecule has 0 fully saturated rings. The van der Waals surface area contributed by atoms with E-state index < -0.39 is 0 Å². The minimum Gasteiger partial charge on any atom is -0.508 e. The molecule has 0 saturated heterocycles. The molecule has 0 aliphatic rings. The molecule has 0 saturated carbocycles. The average molecular weight is 230 g/mol. The molecule has 2 aromatic carbocycles. The van der Waals surface area contributed by atoms with Crippen LogP contribution in [0, 0.1) is 0 Å². The molecule has 0 amide bonds. The lowest BCUT2D eigenvalue weighted by Gasteiger charge is -1.99. The van der Waals surface area contributed by atoms with Gasteiger partial charge in [0.15, 0.2) is 0 Å². The van der Waals surface area contributed by atoms with E-state index in [-0.39, 0.29) is 11.5 Å². The molecule has 17 heavy (non-hydrogen) atoms. The molecule has 0 radical (unpaired) electrons. The molecule has 0 aliphatic heterocycles. The van der Waals surface area contributed by atoms with Crippen LogP contribution in [0.4, 0.5) is 0 Å². The second kappa shape index (κ2) is 6.23. The van der Waals surface area contributed by atoms with Crippen molar-refractivity contribution in [2.45, 2.75) is 0 Å². The van der Waals surface area contributed by atoms with Gasteiger partial charge in [-0.15, -0.1) is 0 Å². The largest absolute Gasteiger partial charge is 0.508 e. The lowest BCUT2D eigenvalue weighted by molar-refractivity contribution is 0.448. The fourth-order valence-electron chi connectivity index (χ4n) is 1.18. The first-order valence-electron chi connectivity index (χ1n) is 5.02. The summed E-state index contributed by atoms with van der Waals surface area (Å²) in [6.07, 6.45) is 1.41. The molecule has 0 heterocycles. The van der Waals surface area contributed by atoms with Gasteiger partial charge in [0.05, 0.1) is 5.56 Å². The van der Waals surface area contributed by atoms with E-state index in [9.17, 15) is 0 Å². The molecule has 0 atom stereocenters. The van der Waals surface area contributed by atoms with Crippen LogP contribution in [0.25, 0.3) is 6.08 Å². The standard InChI is InChI=1S/C8H8O2.C6H6O/c1-2-6-7(9)4-3-5-8(6)10;7-6-4-2-1-3-5-6/h2-5,9-10H,1H2;1-5,7H. The van der Waals surface area contributed by atoms with Crippen molar-refractivity contribution in [1.29, 1.82) is 0 Å². The summed E-state index contributed by atoms with van der Waals surface area (Å²) in [5, 5.41) is 26.8. The monoisotopic (exact) mass is 230 g/mol. The van der Waals surface area contributed by atoms with E-state index in [1.165, 1.54) is 18.2 Å². The van der Waals surface area contributed by atoms with Crippen molar-refractivity contribution in [3.05, 3.63) is 60.7 Å². The molecular formula is C14H14O3. The van der Waals surface area contributed by atoms with Crippen LogP contribution >= 0.6 is 0 Å². The van der Waals surface area contributed by atoms with Gasteiger partial charge < -0.3 is 15.3 Å². The summed E-state index contributed by atoms with van der Waals surface area (Å²) < 4.78 is 0. The van der Waals surface area contributed by atoms with Gasteiger partial charge in [0.1, 0.15) is 17.2 Å². The third-order valence-corrected chi connectivity index (χ3v) is 2.02. The molecule has 88 valence electrons. The number of phenols is 3. The Morgan fingerprint density at radius 3 is 1.59 bits per heavy atom. The normalized spacial score (nSPS) is 8.94. The number of aromatic hydroxyl groups is 3. The Kier molecular flexibility index (Phi) is 4.63. The van der Waals surface area contributed by atoms with Crippen molar-refractivity contribution in [3.63, 3.8) is 0 Å². The number of hydrogen-bond acceptors (Lipinski definition) is 3. The van der Waals surface area contributed by atoms with Gasteiger partial charge in [0.2, 0.25) is 0 Å². The van der Waals surface area contributed by atoms with Crippen molar-refractivity contribution in [2.24, 2.45) is 0 Å². The zero-order chi connectivity index (χ0) is 12.7. The van der Waals surface area contributed by atoms with E-state index in [0.29, 0.717) is 11.3 Å². The van der Waals surface area contributed by atoms with Gasteiger partial charge in [-0.2, -0.15) is 0 Å². The summed E-state index contributed by atoms with van der Waals surface area (Å²) in [4.78, 5) is 0. The van der Waals surface area contributed by atoms with E-state index in [4.69, 9.17) is 15.3 Å². The second-order valence-electron chi connectivity index (χ2n) is 3.25. The lowest BCUT2D eigenvalue weighted by Crippen LogP contribution is -1.73. The SMILES string of the molecule is C=Cc1c(O)cccc1O.Oc1ccccc1. The molecule has 3 N–H and O–H groups in total. The Bertz CT molecular complexity index is 458. The predicted molar refractivity (Wildman–Crippen MR) is 68.0 cm³/mol. The molecule has 0 aliphatic carbocycles. The Morgan fingerprint density at radius 2 is 1.29 bits per heavy atom. The number of rotatable bonds is 1. The van der Waals surface area contributed by atoms with E-state index in [1.807, 2.05) is 6.07 Å². The summed E-state index contributed by atoms with van der Waals surface area (Å²) in [6.45, 7) is 3.43. The Labute approximate surface area is 99.9 Å². The lowest BCUT2D eigenvalue weighted by atomic mass is 10.2. The fourth-order valence-corrected chi connectivity index (χ4v) is 1.18. The Morgan fingerprint density at radius 1 is 0.765 bits per heavy atom. The highest BCUT2D eigenvalue weighted by atomic mass is 16.3. The average Bonchev–Trinajstić information content (AvgIpc) is 2.31. The fraction of sp³-hybridized carbons (Fsp3) is 0. The van der Waals surface area contributed by atoms with Crippen LogP contribution in [0.5, 0.6) is 17.2 Å². The molecule has 3 nitrogen and oxygen atoms in total. The van der Waals surface area contributed by atoms with Gasteiger partial charge in [0, 0.05) is 0 Å². The van der Waals surface area contributed by atoms with Crippen molar-refractivity contribution < 1.29 is 15.3 Å². The minimum absolute atomic E-state index is 0.0509. The predicted octanol–water partition coefficient (Wildman–Crippen LogP) is 3.13. The summed E-state index contributed by atoms with van der Waals surface area (Å²) in [5.41, 5.74) is 0.377. The maximum atomic E-state index is 9.06. The van der Waals surface area contributed by atoms with Crippen LogP contribution in [0.2, 0.25) is 0 Å². The van der Waals surface area contributed by atoms with Gasteiger partial charge >= 0.3 is 0 Å². The van der Waals surface area contributed by atoms with E-state index in [2.05, 4.69) is 6.58 Å². The van der Waals surface area contributed by atoms with Crippen LogP contribution in [0.1, 0.15) is 5.56 Å².